The van der Waals surface area contributed by atoms with E-state index in [0.29, 0.717) is 23.2 Å². The van der Waals surface area contributed by atoms with Crippen molar-refractivity contribution in [3.8, 4) is 11.1 Å². The second-order valence-corrected chi connectivity index (χ2v) is 8.68. The van der Waals surface area contributed by atoms with Gasteiger partial charge in [-0.25, -0.2) is 5.48 Å². The van der Waals surface area contributed by atoms with E-state index in [0.717, 1.165) is 17.5 Å². The van der Waals surface area contributed by atoms with Crippen LogP contribution in [0, 0.1) is 0 Å². The van der Waals surface area contributed by atoms with E-state index in [1.807, 2.05) is 42.5 Å². The molecule has 0 heterocycles. The molecule has 1 aliphatic carbocycles. The molecular formula is C27H29N5O4. The fourth-order valence-corrected chi connectivity index (χ4v) is 4.03. The van der Waals surface area contributed by atoms with Gasteiger partial charge in [0.2, 0.25) is 5.91 Å². The van der Waals surface area contributed by atoms with Crippen molar-refractivity contribution in [2.75, 3.05) is 18.4 Å². The number of hydrogen-bond donors (Lipinski definition) is 6. The van der Waals surface area contributed by atoms with Crippen molar-refractivity contribution in [3.63, 3.8) is 0 Å². The van der Waals surface area contributed by atoms with Crippen LogP contribution in [-0.4, -0.2) is 48.1 Å². The van der Waals surface area contributed by atoms with Gasteiger partial charge in [0.05, 0.1) is 6.54 Å². The van der Waals surface area contributed by atoms with Crippen LogP contribution < -0.4 is 27.2 Å². The SMILES string of the molecule is NC[C@H](NC(=O)c1ccc(-c2ccc(NC(=O)CN[C@@H]3C[C@@H]3c3ccccc3)cc2)cc1)C(=O)NO. The van der Waals surface area contributed by atoms with E-state index in [-0.39, 0.29) is 19.0 Å². The molecule has 0 aromatic heterocycles. The lowest BCUT2D eigenvalue weighted by molar-refractivity contribution is -0.130. The summed E-state index contributed by atoms with van der Waals surface area (Å²) in [6.45, 7) is 0.105. The summed E-state index contributed by atoms with van der Waals surface area (Å²) in [7, 11) is 0. The standard InChI is InChI=1S/C27H29N5O4/c28-15-24(27(35)32-36)31-26(34)20-8-6-17(7-9-20)18-10-12-21(13-11-18)30-25(33)16-29-23-14-22(23)19-4-2-1-3-5-19/h1-13,22-24,29,36H,14-16,28H2,(H,30,33)(H,31,34)(H,32,35)/t22-,23-,24+/m1/s1. The molecule has 0 unspecified atom stereocenters. The summed E-state index contributed by atoms with van der Waals surface area (Å²) in [6, 6.07) is 23.9. The van der Waals surface area contributed by atoms with Gasteiger partial charge in [0, 0.05) is 29.8 Å². The summed E-state index contributed by atoms with van der Waals surface area (Å²) < 4.78 is 0. The molecule has 0 spiro atoms. The molecule has 0 aliphatic heterocycles. The molecule has 4 rings (SSSR count). The number of rotatable bonds is 10. The molecule has 9 nitrogen and oxygen atoms in total. The zero-order valence-corrected chi connectivity index (χ0v) is 19.6. The van der Waals surface area contributed by atoms with Crippen LogP contribution in [0.5, 0.6) is 0 Å². The van der Waals surface area contributed by atoms with Gasteiger partial charge in [-0.2, -0.15) is 0 Å². The Morgan fingerprint density at radius 1 is 0.917 bits per heavy atom. The molecule has 0 bridgehead atoms. The Morgan fingerprint density at radius 3 is 2.17 bits per heavy atom. The highest BCUT2D eigenvalue weighted by Gasteiger charge is 2.37. The molecule has 3 aromatic carbocycles. The van der Waals surface area contributed by atoms with Crippen molar-refractivity contribution < 1.29 is 19.6 Å². The van der Waals surface area contributed by atoms with Crippen molar-refractivity contribution in [2.24, 2.45) is 5.73 Å². The predicted molar refractivity (Wildman–Crippen MR) is 136 cm³/mol. The topological polar surface area (TPSA) is 146 Å². The Kier molecular flexibility index (Phi) is 8.06. The third-order valence-electron chi connectivity index (χ3n) is 6.16. The van der Waals surface area contributed by atoms with Crippen LogP contribution in [0.25, 0.3) is 11.1 Å². The molecule has 36 heavy (non-hydrogen) atoms. The molecule has 3 atom stereocenters. The minimum atomic E-state index is -1.03. The van der Waals surface area contributed by atoms with E-state index in [2.05, 4.69) is 28.1 Å². The second kappa shape index (κ2) is 11.6. The van der Waals surface area contributed by atoms with Crippen molar-refractivity contribution in [1.29, 1.82) is 0 Å². The van der Waals surface area contributed by atoms with E-state index in [1.54, 1.807) is 24.3 Å². The summed E-state index contributed by atoms with van der Waals surface area (Å²) >= 11 is 0. The minimum absolute atomic E-state index is 0.0949. The van der Waals surface area contributed by atoms with Gasteiger partial charge < -0.3 is 21.7 Å². The largest absolute Gasteiger partial charge is 0.339 e. The Balaban J connectivity index is 1.26. The summed E-state index contributed by atoms with van der Waals surface area (Å²) in [6.07, 6.45) is 1.04. The molecule has 3 aromatic rings. The number of benzene rings is 3. The average molecular weight is 488 g/mol. The van der Waals surface area contributed by atoms with Crippen LogP contribution in [0.3, 0.4) is 0 Å². The van der Waals surface area contributed by atoms with E-state index in [9.17, 15) is 14.4 Å². The van der Waals surface area contributed by atoms with E-state index in [1.165, 1.54) is 11.0 Å². The number of hydrogen-bond acceptors (Lipinski definition) is 6. The lowest BCUT2D eigenvalue weighted by Crippen LogP contribution is -2.50. The number of amides is 3. The zero-order valence-electron chi connectivity index (χ0n) is 19.6. The van der Waals surface area contributed by atoms with Crippen LogP contribution in [0.15, 0.2) is 78.9 Å². The molecule has 3 amide bonds. The second-order valence-electron chi connectivity index (χ2n) is 8.68. The van der Waals surface area contributed by atoms with Crippen molar-refractivity contribution in [2.45, 2.75) is 24.4 Å². The molecule has 1 fully saturated rings. The molecule has 1 aliphatic rings. The van der Waals surface area contributed by atoms with Crippen LogP contribution in [0.4, 0.5) is 5.69 Å². The van der Waals surface area contributed by atoms with Crippen molar-refractivity contribution >= 4 is 23.4 Å². The van der Waals surface area contributed by atoms with E-state index in [4.69, 9.17) is 10.9 Å². The Morgan fingerprint density at radius 2 is 1.56 bits per heavy atom. The first-order valence-electron chi connectivity index (χ1n) is 11.7. The fraction of sp³-hybridized carbons (Fsp3) is 0.222. The highest BCUT2D eigenvalue weighted by molar-refractivity contribution is 5.98. The summed E-state index contributed by atoms with van der Waals surface area (Å²) in [5.74, 6) is -0.886. The molecule has 9 heteroatoms. The number of nitrogens with one attached hydrogen (secondary N) is 4. The van der Waals surface area contributed by atoms with Gasteiger partial charge in [0.25, 0.3) is 11.8 Å². The molecule has 7 N–H and O–H groups in total. The normalized spacial score (nSPS) is 17.1. The van der Waals surface area contributed by atoms with E-state index < -0.39 is 17.9 Å². The highest BCUT2D eigenvalue weighted by atomic mass is 16.5. The first-order chi connectivity index (χ1) is 17.5. The van der Waals surface area contributed by atoms with Gasteiger partial charge in [-0.15, -0.1) is 0 Å². The van der Waals surface area contributed by atoms with Gasteiger partial charge in [0.1, 0.15) is 6.04 Å². The van der Waals surface area contributed by atoms with Crippen LogP contribution in [0.1, 0.15) is 28.3 Å². The molecular weight excluding hydrogens is 458 g/mol. The predicted octanol–water partition coefficient (Wildman–Crippen LogP) is 2.00. The summed E-state index contributed by atoms with van der Waals surface area (Å²) in [4.78, 5) is 36.2. The number of nitrogens with two attached hydrogens (primary N) is 1. The lowest BCUT2D eigenvalue weighted by atomic mass is 10.0. The third kappa shape index (κ3) is 6.33. The minimum Gasteiger partial charge on any atom is -0.339 e. The Labute approximate surface area is 209 Å². The van der Waals surface area contributed by atoms with Gasteiger partial charge >= 0.3 is 0 Å². The summed E-state index contributed by atoms with van der Waals surface area (Å²) in [5, 5.41) is 17.4. The fourth-order valence-electron chi connectivity index (χ4n) is 4.03. The molecule has 186 valence electrons. The maximum absolute atomic E-state index is 12.3. The van der Waals surface area contributed by atoms with Gasteiger partial charge in [-0.1, -0.05) is 54.6 Å². The first kappa shape index (κ1) is 25.1. The maximum Gasteiger partial charge on any atom is 0.267 e. The van der Waals surface area contributed by atoms with Gasteiger partial charge in [0.15, 0.2) is 0 Å². The van der Waals surface area contributed by atoms with Gasteiger partial charge in [-0.3, -0.25) is 19.6 Å². The highest BCUT2D eigenvalue weighted by Crippen LogP contribution is 2.40. The average Bonchev–Trinajstić information content (AvgIpc) is 3.71. The number of anilines is 1. The van der Waals surface area contributed by atoms with Gasteiger partial charge in [-0.05, 0) is 47.4 Å². The number of carbonyl (C=O) groups excluding carboxylic acids is 3. The monoisotopic (exact) mass is 487 g/mol. The Hall–Kier alpha value is -4.05. The molecule has 1 saturated carbocycles. The van der Waals surface area contributed by atoms with Crippen molar-refractivity contribution in [1.82, 2.24) is 16.1 Å². The first-order valence-corrected chi connectivity index (χ1v) is 11.7. The lowest BCUT2D eigenvalue weighted by Gasteiger charge is -2.14. The summed E-state index contributed by atoms with van der Waals surface area (Å²) in [5.41, 5.74) is 11.1. The smallest absolute Gasteiger partial charge is 0.267 e. The van der Waals surface area contributed by atoms with Crippen molar-refractivity contribution in [3.05, 3.63) is 90.0 Å². The zero-order chi connectivity index (χ0) is 25.5. The molecule has 0 saturated heterocycles. The maximum atomic E-state index is 12.3. The van der Waals surface area contributed by atoms with Crippen LogP contribution in [0.2, 0.25) is 0 Å². The van der Waals surface area contributed by atoms with E-state index >= 15 is 0 Å². The van der Waals surface area contributed by atoms with Crippen LogP contribution >= 0.6 is 0 Å². The quantitative estimate of drug-likeness (QED) is 0.191. The third-order valence-corrected chi connectivity index (χ3v) is 6.16. The number of carbonyl (C=O) groups is 3. The molecule has 0 radical (unpaired) electrons. The Bertz CT molecular complexity index is 1200. The number of hydroxylamine groups is 1. The van der Waals surface area contributed by atoms with Crippen LogP contribution in [-0.2, 0) is 9.59 Å².